The topological polar surface area (TPSA) is 42.4 Å². The van der Waals surface area contributed by atoms with E-state index in [1.807, 2.05) is 59.9 Å². The molecule has 0 aliphatic rings. The first-order valence-electron chi connectivity index (χ1n) is 19.4. The Morgan fingerprint density at radius 2 is 1.05 bits per heavy atom. The van der Waals surface area contributed by atoms with Crippen LogP contribution in [-0.4, -0.2) is 4.98 Å². The number of benzene rings is 9. The van der Waals surface area contributed by atoms with E-state index in [0.29, 0.717) is 5.89 Å². The summed E-state index contributed by atoms with van der Waals surface area (Å²) in [6.45, 7) is 0. The lowest BCUT2D eigenvalue weighted by Gasteiger charge is -2.27. The zero-order chi connectivity index (χ0) is 38.2. The van der Waals surface area contributed by atoms with Gasteiger partial charge in [-0.15, -0.1) is 11.3 Å². The first kappa shape index (κ1) is 32.7. The van der Waals surface area contributed by atoms with Gasteiger partial charge in [0.05, 0.1) is 11.1 Å². The first-order chi connectivity index (χ1) is 28.7. The minimum atomic E-state index is 0.595. The van der Waals surface area contributed by atoms with E-state index in [9.17, 15) is 0 Å². The average Bonchev–Trinajstić information content (AvgIpc) is 4.01. The number of rotatable bonds is 6. The molecule has 3 heterocycles. The summed E-state index contributed by atoms with van der Waals surface area (Å²) in [7, 11) is 0. The molecule has 0 atom stereocenters. The quantitative estimate of drug-likeness (QED) is 0.169. The Bertz CT molecular complexity index is 3500. The maximum Gasteiger partial charge on any atom is 0.227 e. The van der Waals surface area contributed by atoms with E-state index in [1.165, 1.54) is 42.1 Å². The second-order valence-corrected chi connectivity index (χ2v) is 15.7. The lowest BCUT2D eigenvalue weighted by atomic mass is 9.97. The molecule has 0 aliphatic carbocycles. The summed E-state index contributed by atoms with van der Waals surface area (Å²) in [5, 5.41) is 6.96. The molecule has 0 fully saturated rings. The molecule has 12 aromatic rings. The highest BCUT2D eigenvalue weighted by Crippen LogP contribution is 2.46. The van der Waals surface area contributed by atoms with Crippen LogP contribution in [0.15, 0.2) is 203 Å². The average molecular weight is 761 g/mol. The number of aromatic nitrogens is 1. The van der Waals surface area contributed by atoms with Crippen molar-refractivity contribution in [3.63, 3.8) is 0 Å². The minimum absolute atomic E-state index is 0.595. The Labute approximate surface area is 337 Å². The summed E-state index contributed by atoms with van der Waals surface area (Å²) in [4.78, 5) is 7.27. The smallest absolute Gasteiger partial charge is 0.227 e. The van der Waals surface area contributed by atoms with Crippen LogP contribution in [0.3, 0.4) is 0 Å². The van der Waals surface area contributed by atoms with Crippen LogP contribution >= 0.6 is 11.3 Å². The Morgan fingerprint density at radius 1 is 0.414 bits per heavy atom. The summed E-state index contributed by atoms with van der Waals surface area (Å²) in [5.74, 6) is 0.595. The Kier molecular flexibility index (Phi) is 7.37. The standard InChI is InChI=1S/C53H32N2O2S/c1-2-12-36(13-3-1)53-54-43-31-32-46-51(52(43)57-53)50-41(18-9-20-45(50)56-46)35-25-29-38(30-26-35)55(44-19-10-22-48-49(44)42-16-6-7-21-47(42)58-48)37-27-23-34(24-28-37)40-17-8-14-33-11-4-5-15-39(33)40/h1-32H. The monoisotopic (exact) mass is 760 g/mol. The highest BCUT2D eigenvalue weighted by Gasteiger charge is 2.22. The molecule has 0 N–H and O–H groups in total. The molecule has 0 spiro atoms. The van der Waals surface area contributed by atoms with Crippen LogP contribution in [0.4, 0.5) is 17.1 Å². The fourth-order valence-electron chi connectivity index (χ4n) is 8.66. The third kappa shape index (κ3) is 5.18. The SMILES string of the molecule is c1ccc(-c2nc3ccc4oc5cccc(-c6ccc(N(c7ccc(-c8cccc9ccccc89)cc7)c7cccc8sc9ccccc9c78)cc6)c5c4c3o2)cc1. The molecule has 0 amide bonds. The van der Waals surface area contributed by atoms with Gasteiger partial charge < -0.3 is 13.7 Å². The molecular formula is C53H32N2O2S. The number of furan rings is 1. The van der Waals surface area contributed by atoms with Gasteiger partial charge >= 0.3 is 0 Å². The highest BCUT2D eigenvalue weighted by atomic mass is 32.1. The van der Waals surface area contributed by atoms with Crippen molar-refractivity contribution in [3.05, 3.63) is 194 Å². The second-order valence-electron chi connectivity index (χ2n) is 14.7. The summed E-state index contributed by atoms with van der Waals surface area (Å²) in [6, 6.07) is 68.7. The number of oxazole rings is 1. The number of anilines is 3. The zero-order valence-corrected chi connectivity index (χ0v) is 31.9. The molecule has 4 nitrogen and oxygen atoms in total. The van der Waals surface area contributed by atoms with Gasteiger partial charge in [-0.1, -0.05) is 121 Å². The van der Waals surface area contributed by atoms with E-state index in [4.69, 9.17) is 13.8 Å². The second kappa shape index (κ2) is 13.1. The lowest BCUT2D eigenvalue weighted by Crippen LogP contribution is -2.10. The van der Waals surface area contributed by atoms with Gasteiger partial charge in [0, 0.05) is 42.5 Å². The van der Waals surface area contributed by atoms with E-state index < -0.39 is 0 Å². The van der Waals surface area contributed by atoms with Crippen LogP contribution in [0, 0.1) is 0 Å². The van der Waals surface area contributed by atoms with Crippen molar-refractivity contribution in [2.45, 2.75) is 0 Å². The van der Waals surface area contributed by atoms with Crippen LogP contribution in [0.2, 0.25) is 0 Å². The van der Waals surface area contributed by atoms with Gasteiger partial charge in [0.25, 0.3) is 0 Å². The molecule has 58 heavy (non-hydrogen) atoms. The van der Waals surface area contributed by atoms with Crippen molar-refractivity contribution in [2.24, 2.45) is 0 Å². The van der Waals surface area contributed by atoms with Crippen molar-refractivity contribution < 1.29 is 8.83 Å². The number of hydrogen-bond acceptors (Lipinski definition) is 5. The predicted octanol–water partition coefficient (Wildman–Crippen LogP) is 15.7. The molecule has 12 rings (SSSR count). The van der Waals surface area contributed by atoms with Crippen LogP contribution < -0.4 is 4.90 Å². The summed E-state index contributed by atoms with van der Waals surface area (Å²) < 4.78 is 15.5. The van der Waals surface area contributed by atoms with E-state index in [1.54, 1.807) is 0 Å². The molecule has 9 aromatic carbocycles. The molecule has 0 aliphatic heterocycles. The Morgan fingerprint density at radius 3 is 1.88 bits per heavy atom. The maximum absolute atomic E-state index is 6.51. The van der Waals surface area contributed by atoms with Crippen LogP contribution in [0.25, 0.3) is 97.7 Å². The van der Waals surface area contributed by atoms with Crippen molar-refractivity contribution in [1.82, 2.24) is 4.98 Å². The fraction of sp³-hybridized carbons (Fsp3) is 0. The van der Waals surface area contributed by atoms with Crippen molar-refractivity contribution in [2.75, 3.05) is 4.90 Å². The number of fused-ring (bicyclic) bond motifs is 9. The summed E-state index contributed by atoms with van der Waals surface area (Å²) >= 11 is 1.84. The molecule has 0 saturated carbocycles. The van der Waals surface area contributed by atoms with Crippen LogP contribution in [0.1, 0.15) is 0 Å². The molecule has 5 heteroatoms. The normalized spacial score (nSPS) is 11.8. The summed E-state index contributed by atoms with van der Waals surface area (Å²) in [5.41, 5.74) is 11.9. The molecule has 3 aromatic heterocycles. The predicted molar refractivity (Wildman–Crippen MR) is 243 cm³/mol. The van der Waals surface area contributed by atoms with Gasteiger partial charge in [0.1, 0.15) is 16.7 Å². The molecule has 0 saturated heterocycles. The molecule has 0 bridgehead atoms. The Balaban J connectivity index is 1.01. The highest BCUT2D eigenvalue weighted by molar-refractivity contribution is 7.26. The van der Waals surface area contributed by atoms with Gasteiger partial charge in [-0.05, 0) is 106 Å². The van der Waals surface area contributed by atoms with Crippen molar-refractivity contribution in [1.29, 1.82) is 0 Å². The number of thiophene rings is 1. The van der Waals surface area contributed by atoms with E-state index in [2.05, 4.69) is 150 Å². The number of hydrogen-bond donors (Lipinski definition) is 0. The van der Waals surface area contributed by atoms with Crippen LogP contribution in [-0.2, 0) is 0 Å². The number of nitrogens with zero attached hydrogens (tertiary/aromatic N) is 2. The zero-order valence-electron chi connectivity index (χ0n) is 31.1. The van der Waals surface area contributed by atoms with Crippen molar-refractivity contribution in [3.8, 4) is 33.7 Å². The van der Waals surface area contributed by atoms with Gasteiger partial charge in [-0.25, -0.2) is 4.98 Å². The summed E-state index contributed by atoms with van der Waals surface area (Å²) in [6.07, 6.45) is 0. The third-order valence-corrected chi connectivity index (χ3v) is 12.5. The third-order valence-electron chi connectivity index (χ3n) is 11.3. The first-order valence-corrected chi connectivity index (χ1v) is 20.3. The van der Waals surface area contributed by atoms with E-state index >= 15 is 0 Å². The maximum atomic E-state index is 6.51. The van der Waals surface area contributed by atoms with E-state index in [-0.39, 0.29) is 0 Å². The molecule has 0 radical (unpaired) electrons. The molecule has 272 valence electrons. The molecule has 0 unspecified atom stereocenters. The van der Waals surface area contributed by atoms with Gasteiger partial charge in [-0.3, -0.25) is 0 Å². The van der Waals surface area contributed by atoms with Crippen molar-refractivity contribution >= 4 is 92.4 Å². The lowest BCUT2D eigenvalue weighted by molar-refractivity contribution is 0.622. The van der Waals surface area contributed by atoms with Gasteiger partial charge in [0.2, 0.25) is 5.89 Å². The van der Waals surface area contributed by atoms with E-state index in [0.717, 1.165) is 66.8 Å². The fourth-order valence-corrected chi connectivity index (χ4v) is 9.79. The Hall–Kier alpha value is -7.47. The van der Waals surface area contributed by atoms with Gasteiger partial charge in [0.15, 0.2) is 5.58 Å². The van der Waals surface area contributed by atoms with Gasteiger partial charge in [-0.2, -0.15) is 0 Å². The minimum Gasteiger partial charge on any atom is -0.456 e. The largest absolute Gasteiger partial charge is 0.456 e. The van der Waals surface area contributed by atoms with Crippen LogP contribution in [0.5, 0.6) is 0 Å². The molecular weight excluding hydrogens is 729 g/mol.